The summed E-state index contributed by atoms with van der Waals surface area (Å²) in [7, 11) is 0. The summed E-state index contributed by atoms with van der Waals surface area (Å²) in [5, 5.41) is 11.3. The van der Waals surface area contributed by atoms with Gasteiger partial charge in [0.2, 0.25) is 5.91 Å². The second kappa shape index (κ2) is 8.34. The lowest BCUT2D eigenvalue weighted by molar-refractivity contribution is -0.384. The summed E-state index contributed by atoms with van der Waals surface area (Å²) in [6, 6.07) is 10.9. The molecule has 1 aliphatic heterocycles. The summed E-state index contributed by atoms with van der Waals surface area (Å²) in [5.74, 6) is 0.503. The molecule has 0 aliphatic carbocycles. The van der Waals surface area contributed by atoms with Gasteiger partial charge in [-0.05, 0) is 55.2 Å². The van der Waals surface area contributed by atoms with Gasteiger partial charge in [0.1, 0.15) is 16.5 Å². The Kier molecular flexibility index (Phi) is 5.33. The molecule has 0 spiro atoms. The minimum absolute atomic E-state index is 0.0311. The molecule has 3 aromatic heterocycles. The van der Waals surface area contributed by atoms with Gasteiger partial charge in [-0.25, -0.2) is 14.3 Å². The molecule has 1 amide bonds. The van der Waals surface area contributed by atoms with Crippen LogP contribution < -0.4 is 16.1 Å². The van der Waals surface area contributed by atoms with E-state index in [1.54, 1.807) is 42.2 Å². The molecule has 4 heterocycles. The molecule has 1 aliphatic rings. The standard InChI is InChI=1S/C23H19N5O5S/c1-13-19-21(34-20(13)14-8-10-15(11-9-14)28(32)33)25-23(31)27(22(19)30)17-6-4-5-16(24-17)26-12-3-2-7-18(26)29/h4-6,8-11H,2-3,7,12H2,1H3,(H,25,31). The first-order valence-corrected chi connectivity index (χ1v) is 11.5. The van der Waals surface area contributed by atoms with Crippen molar-refractivity contribution in [2.75, 3.05) is 11.4 Å². The highest BCUT2D eigenvalue weighted by Gasteiger charge is 2.23. The van der Waals surface area contributed by atoms with Crippen LogP contribution >= 0.6 is 11.3 Å². The summed E-state index contributed by atoms with van der Waals surface area (Å²) >= 11 is 1.24. The van der Waals surface area contributed by atoms with Crippen LogP contribution in [0.4, 0.5) is 11.5 Å². The number of carbonyl (C=O) groups is 1. The zero-order valence-electron chi connectivity index (χ0n) is 18.1. The fourth-order valence-electron chi connectivity index (χ4n) is 4.17. The highest BCUT2D eigenvalue weighted by atomic mass is 32.1. The van der Waals surface area contributed by atoms with Crippen molar-refractivity contribution in [1.29, 1.82) is 0 Å². The molecule has 11 heteroatoms. The molecule has 1 aromatic carbocycles. The SMILES string of the molecule is Cc1c(-c2ccc([N+](=O)[O-])cc2)sc2[nH]c(=O)n(-c3cccc(N4CCCCC4=O)n3)c(=O)c12. The maximum absolute atomic E-state index is 13.5. The Morgan fingerprint density at radius 2 is 1.79 bits per heavy atom. The molecule has 1 fully saturated rings. The van der Waals surface area contributed by atoms with Crippen LogP contribution in [0.3, 0.4) is 0 Å². The van der Waals surface area contributed by atoms with Gasteiger partial charge in [-0.3, -0.25) is 29.6 Å². The molecule has 172 valence electrons. The summed E-state index contributed by atoms with van der Waals surface area (Å²) in [4.78, 5) is 59.1. The number of nitrogens with zero attached hydrogens (tertiary/aromatic N) is 4. The van der Waals surface area contributed by atoms with Gasteiger partial charge >= 0.3 is 5.69 Å². The van der Waals surface area contributed by atoms with Gasteiger partial charge in [0.15, 0.2) is 0 Å². The lowest BCUT2D eigenvalue weighted by Crippen LogP contribution is -2.37. The number of pyridine rings is 1. The van der Waals surface area contributed by atoms with Crippen LogP contribution in [0.1, 0.15) is 24.8 Å². The molecule has 0 radical (unpaired) electrons. The highest BCUT2D eigenvalue weighted by molar-refractivity contribution is 7.22. The molecule has 5 rings (SSSR count). The van der Waals surface area contributed by atoms with E-state index in [0.717, 1.165) is 22.3 Å². The Morgan fingerprint density at radius 1 is 1.06 bits per heavy atom. The van der Waals surface area contributed by atoms with Crippen LogP contribution in [0, 0.1) is 17.0 Å². The number of nitrogens with one attached hydrogen (secondary N) is 1. The molecular formula is C23H19N5O5S. The highest BCUT2D eigenvalue weighted by Crippen LogP contribution is 2.36. The Hall–Kier alpha value is -4.12. The van der Waals surface area contributed by atoms with Crippen LogP contribution in [0.2, 0.25) is 0 Å². The summed E-state index contributed by atoms with van der Waals surface area (Å²) < 4.78 is 0.972. The Balaban J connectivity index is 1.63. The van der Waals surface area contributed by atoms with E-state index in [1.807, 2.05) is 0 Å². The number of nitro benzene ring substituents is 1. The second-order valence-electron chi connectivity index (χ2n) is 7.99. The lowest BCUT2D eigenvalue weighted by Gasteiger charge is -2.25. The quantitative estimate of drug-likeness (QED) is 0.353. The van der Waals surface area contributed by atoms with Crippen molar-refractivity contribution in [3.05, 3.63) is 79.0 Å². The fraction of sp³-hybridized carbons (Fsp3) is 0.217. The van der Waals surface area contributed by atoms with Crippen LogP contribution in [-0.2, 0) is 4.79 Å². The Morgan fingerprint density at radius 3 is 2.50 bits per heavy atom. The third kappa shape index (κ3) is 3.59. The first-order valence-electron chi connectivity index (χ1n) is 10.7. The summed E-state index contributed by atoms with van der Waals surface area (Å²) in [6.07, 6.45) is 2.14. The van der Waals surface area contributed by atoms with Crippen LogP contribution in [0.5, 0.6) is 0 Å². The molecule has 10 nitrogen and oxygen atoms in total. The van der Waals surface area contributed by atoms with Crippen molar-refractivity contribution in [1.82, 2.24) is 14.5 Å². The van der Waals surface area contributed by atoms with Crippen molar-refractivity contribution in [2.45, 2.75) is 26.2 Å². The molecule has 34 heavy (non-hydrogen) atoms. The monoisotopic (exact) mass is 477 g/mol. The van der Waals surface area contributed by atoms with Crippen molar-refractivity contribution >= 4 is 39.0 Å². The topological polar surface area (TPSA) is 131 Å². The van der Waals surface area contributed by atoms with E-state index in [0.29, 0.717) is 40.1 Å². The average Bonchev–Trinajstić information content (AvgIpc) is 3.15. The number of hydrogen-bond donors (Lipinski definition) is 1. The number of nitro groups is 1. The predicted octanol–water partition coefficient (Wildman–Crippen LogP) is 3.54. The zero-order chi connectivity index (χ0) is 24.0. The predicted molar refractivity (Wildman–Crippen MR) is 129 cm³/mol. The number of amides is 1. The maximum atomic E-state index is 13.5. The molecule has 0 atom stereocenters. The number of non-ortho nitro benzene ring substituents is 1. The number of H-pyrrole nitrogens is 1. The first kappa shape index (κ1) is 21.7. The molecule has 1 N–H and O–H groups in total. The number of aromatic amines is 1. The molecule has 4 aromatic rings. The molecule has 0 saturated carbocycles. The second-order valence-corrected chi connectivity index (χ2v) is 9.01. The van der Waals surface area contributed by atoms with Crippen molar-refractivity contribution in [3.8, 4) is 16.3 Å². The van der Waals surface area contributed by atoms with Crippen LogP contribution in [-0.4, -0.2) is 31.9 Å². The minimum Gasteiger partial charge on any atom is -0.298 e. The van der Waals surface area contributed by atoms with E-state index >= 15 is 0 Å². The number of anilines is 1. The number of thiophene rings is 1. The van der Waals surface area contributed by atoms with E-state index in [-0.39, 0.29) is 17.4 Å². The Bertz CT molecular complexity index is 1570. The molecular weight excluding hydrogens is 458 g/mol. The first-order chi connectivity index (χ1) is 16.3. The minimum atomic E-state index is -0.636. The smallest absolute Gasteiger partial charge is 0.298 e. The number of aromatic nitrogens is 3. The van der Waals surface area contributed by atoms with E-state index in [4.69, 9.17) is 0 Å². The molecule has 0 unspecified atom stereocenters. The van der Waals surface area contributed by atoms with Gasteiger partial charge in [0.05, 0.1) is 10.3 Å². The van der Waals surface area contributed by atoms with Gasteiger partial charge < -0.3 is 0 Å². The van der Waals surface area contributed by atoms with Crippen molar-refractivity contribution < 1.29 is 9.72 Å². The van der Waals surface area contributed by atoms with Gasteiger partial charge in [-0.2, -0.15) is 0 Å². The number of carbonyl (C=O) groups excluding carboxylic acids is 1. The number of fused-ring (bicyclic) bond motifs is 1. The van der Waals surface area contributed by atoms with Gasteiger partial charge in [0, 0.05) is 30.0 Å². The fourth-order valence-corrected chi connectivity index (χ4v) is 5.36. The third-order valence-corrected chi connectivity index (χ3v) is 7.13. The molecule has 1 saturated heterocycles. The van der Waals surface area contributed by atoms with Crippen molar-refractivity contribution in [2.24, 2.45) is 0 Å². The summed E-state index contributed by atoms with van der Waals surface area (Å²) in [5.41, 5.74) is 0.182. The maximum Gasteiger partial charge on any atom is 0.335 e. The van der Waals surface area contributed by atoms with Gasteiger partial charge in [-0.15, -0.1) is 11.3 Å². The average molecular weight is 478 g/mol. The largest absolute Gasteiger partial charge is 0.335 e. The number of aryl methyl sites for hydroxylation is 1. The number of rotatable bonds is 4. The van der Waals surface area contributed by atoms with E-state index < -0.39 is 16.2 Å². The lowest BCUT2D eigenvalue weighted by atomic mass is 10.1. The van der Waals surface area contributed by atoms with Crippen molar-refractivity contribution in [3.63, 3.8) is 0 Å². The van der Waals surface area contributed by atoms with E-state index in [9.17, 15) is 24.5 Å². The molecule has 0 bridgehead atoms. The van der Waals surface area contributed by atoms with Crippen LogP contribution in [0.25, 0.3) is 26.5 Å². The van der Waals surface area contributed by atoms with Gasteiger partial charge in [-0.1, -0.05) is 6.07 Å². The zero-order valence-corrected chi connectivity index (χ0v) is 18.9. The number of hydrogen-bond acceptors (Lipinski definition) is 7. The van der Waals surface area contributed by atoms with E-state index in [2.05, 4.69) is 9.97 Å². The number of piperidine rings is 1. The normalized spacial score (nSPS) is 14.0. The summed E-state index contributed by atoms with van der Waals surface area (Å²) in [6.45, 7) is 2.32. The van der Waals surface area contributed by atoms with Gasteiger partial charge in [0.25, 0.3) is 11.2 Å². The van der Waals surface area contributed by atoms with Crippen LogP contribution in [0.15, 0.2) is 52.1 Å². The number of benzene rings is 1. The van der Waals surface area contributed by atoms with E-state index in [1.165, 1.54) is 23.5 Å². The Labute approximate surface area is 196 Å². The third-order valence-electron chi connectivity index (χ3n) is 5.88.